The van der Waals surface area contributed by atoms with E-state index in [2.05, 4.69) is 37.9 Å². The molecule has 1 saturated carbocycles. The molecule has 1 aliphatic rings. The maximum Gasteiger partial charge on any atom is 0.0252 e. The molecule has 21 heavy (non-hydrogen) atoms. The second kappa shape index (κ2) is 11.5. The van der Waals surface area contributed by atoms with E-state index < -0.39 is 0 Å². The lowest BCUT2D eigenvalue weighted by atomic mass is 9.89. The minimum atomic E-state index is 0.719. The number of nitrogens with zero attached hydrogens (tertiary/aromatic N) is 1. The highest BCUT2D eigenvalue weighted by atomic mass is 15.2. The molecule has 2 heteroatoms. The fourth-order valence-electron chi connectivity index (χ4n) is 3.72. The fourth-order valence-corrected chi connectivity index (χ4v) is 3.72. The van der Waals surface area contributed by atoms with Crippen molar-refractivity contribution >= 4 is 0 Å². The highest BCUT2D eigenvalue weighted by Gasteiger charge is 2.29. The molecule has 0 aliphatic heterocycles. The average molecular weight is 297 g/mol. The molecular formula is C19H40N2. The van der Waals surface area contributed by atoms with Crippen LogP contribution in [0.4, 0.5) is 0 Å². The van der Waals surface area contributed by atoms with Gasteiger partial charge in [0.2, 0.25) is 0 Å². The molecule has 0 amide bonds. The van der Waals surface area contributed by atoms with E-state index in [0.29, 0.717) is 0 Å². The van der Waals surface area contributed by atoms with Crippen LogP contribution in [0.5, 0.6) is 0 Å². The van der Waals surface area contributed by atoms with Crippen molar-refractivity contribution in [2.45, 2.75) is 110 Å². The number of hydrogen-bond donors (Lipinski definition) is 1. The molecule has 1 aliphatic carbocycles. The van der Waals surface area contributed by atoms with Gasteiger partial charge in [-0.3, -0.25) is 4.90 Å². The van der Waals surface area contributed by atoms with Gasteiger partial charge in [0.25, 0.3) is 0 Å². The molecule has 2 nitrogen and oxygen atoms in total. The third kappa shape index (κ3) is 6.69. The topological polar surface area (TPSA) is 15.3 Å². The molecule has 0 heterocycles. The summed E-state index contributed by atoms with van der Waals surface area (Å²) in [5.41, 5.74) is 0. The third-order valence-electron chi connectivity index (χ3n) is 5.24. The molecule has 0 saturated heterocycles. The summed E-state index contributed by atoms with van der Waals surface area (Å²) >= 11 is 0. The second-order valence-corrected chi connectivity index (χ2v) is 6.97. The van der Waals surface area contributed by atoms with Gasteiger partial charge in [-0.05, 0) is 52.1 Å². The van der Waals surface area contributed by atoms with Gasteiger partial charge in [-0.25, -0.2) is 0 Å². The summed E-state index contributed by atoms with van der Waals surface area (Å²) in [7, 11) is 0. The number of hydrogen-bond acceptors (Lipinski definition) is 2. The van der Waals surface area contributed by atoms with Crippen molar-refractivity contribution in [3.8, 4) is 0 Å². The van der Waals surface area contributed by atoms with Crippen LogP contribution in [0.25, 0.3) is 0 Å². The van der Waals surface area contributed by atoms with Crippen molar-refractivity contribution in [3.63, 3.8) is 0 Å². The summed E-state index contributed by atoms with van der Waals surface area (Å²) in [4.78, 5) is 2.85. The molecule has 0 spiro atoms. The van der Waals surface area contributed by atoms with Gasteiger partial charge in [-0.1, -0.05) is 52.9 Å². The van der Waals surface area contributed by atoms with Crippen molar-refractivity contribution in [1.29, 1.82) is 0 Å². The average Bonchev–Trinajstić information content (AvgIpc) is 2.48. The summed E-state index contributed by atoms with van der Waals surface area (Å²) in [6.45, 7) is 11.9. The number of unbranched alkanes of at least 4 members (excludes halogenated alkanes) is 1. The van der Waals surface area contributed by atoms with Crippen molar-refractivity contribution < 1.29 is 0 Å². The van der Waals surface area contributed by atoms with E-state index in [9.17, 15) is 0 Å². The Labute approximate surface area is 134 Å². The van der Waals surface area contributed by atoms with E-state index in [1.54, 1.807) is 0 Å². The Morgan fingerprint density at radius 3 is 2.33 bits per heavy atom. The van der Waals surface area contributed by atoms with Gasteiger partial charge in [0, 0.05) is 18.1 Å². The van der Waals surface area contributed by atoms with E-state index in [4.69, 9.17) is 0 Å². The largest absolute Gasteiger partial charge is 0.312 e. The van der Waals surface area contributed by atoms with Gasteiger partial charge >= 0.3 is 0 Å². The summed E-state index contributed by atoms with van der Waals surface area (Å²) < 4.78 is 0. The Kier molecular flexibility index (Phi) is 10.4. The van der Waals surface area contributed by atoms with E-state index in [0.717, 1.165) is 18.1 Å². The van der Waals surface area contributed by atoms with Gasteiger partial charge in [-0.15, -0.1) is 0 Å². The van der Waals surface area contributed by atoms with Crippen molar-refractivity contribution in [1.82, 2.24) is 10.2 Å². The van der Waals surface area contributed by atoms with E-state index >= 15 is 0 Å². The first-order chi connectivity index (χ1) is 10.2. The van der Waals surface area contributed by atoms with E-state index in [1.165, 1.54) is 77.3 Å². The van der Waals surface area contributed by atoms with Crippen LogP contribution in [-0.2, 0) is 0 Å². The van der Waals surface area contributed by atoms with Gasteiger partial charge in [0.15, 0.2) is 0 Å². The summed E-state index contributed by atoms with van der Waals surface area (Å²) in [5, 5.41) is 3.88. The van der Waals surface area contributed by atoms with Crippen LogP contribution in [0.1, 0.15) is 91.9 Å². The van der Waals surface area contributed by atoms with E-state index in [-0.39, 0.29) is 0 Å². The zero-order chi connectivity index (χ0) is 15.5. The van der Waals surface area contributed by atoms with E-state index in [1.807, 2.05) is 0 Å². The van der Waals surface area contributed by atoms with Crippen LogP contribution >= 0.6 is 0 Å². The smallest absolute Gasteiger partial charge is 0.0252 e. The molecule has 0 radical (unpaired) electrons. The maximum atomic E-state index is 3.88. The Bertz CT molecular complexity index is 240. The molecule has 0 aromatic rings. The molecule has 1 rings (SSSR count). The van der Waals surface area contributed by atoms with Crippen LogP contribution in [0.3, 0.4) is 0 Å². The Morgan fingerprint density at radius 2 is 1.71 bits per heavy atom. The Balaban J connectivity index is 2.77. The van der Waals surface area contributed by atoms with Crippen molar-refractivity contribution in [2.24, 2.45) is 0 Å². The second-order valence-electron chi connectivity index (χ2n) is 6.97. The standard InChI is InChI=1S/C19H40N2/c1-5-8-16-21(17(4)7-3)19-14-12-10-9-11-13-18(19)20-15-6-2/h17-20H,5-16H2,1-4H3. The van der Waals surface area contributed by atoms with Crippen LogP contribution in [0.2, 0.25) is 0 Å². The minimum absolute atomic E-state index is 0.719. The molecule has 0 bridgehead atoms. The molecular weight excluding hydrogens is 256 g/mol. The summed E-state index contributed by atoms with van der Waals surface area (Å²) in [5.74, 6) is 0. The fraction of sp³-hybridized carbons (Fsp3) is 1.00. The third-order valence-corrected chi connectivity index (χ3v) is 5.24. The summed E-state index contributed by atoms with van der Waals surface area (Å²) in [6.07, 6.45) is 13.7. The first-order valence-electron chi connectivity index (χ1n) is 9.73. The number of nitrogens with one attached hydrogen (secondary N) is 1. The first kappa shape index (κ1) is 19.0. The predicted molar refractivity (Wildman–Crippen MR) is 94.9 cm³/mol. The van der Waals surface area contributed by atoms with Gasteiger partial charge in [0.1, 0.15) is 0 Å². The zero-order valence-corrected chi connectivity index (χ0v) is 15.2. The van der Waals surface area contributed by atoms with Crippen LogP contribution < -0.4 is 5.32 Å². The quantitative estimate of drug-likeness (QED) is 0.645. The normalized spacial score (nSPS) is 25.6. The zero-order valence-electron chi connectivity index (χ0n) is 15.2. The van der Waals surface area contributed by atoms with Gasteiger partial charge < -0.3 is 5.32 Å². The molecule has 3 unspecified atom stereocenters. The molecule has 1 fully saturated rings. The van der Waals surface area contributed by atoms with Crippen molar-refractivity contribution in [2.75, 3.05) is 13.1 Å². The molecule has 1 N–H and O–H groups in total. The molecule has 126 valence electrons. The van der Waals surface area contributed by atoms with Crippen molar-refractivity contribution in [3.05, 3.63) is 0 Å². The maximum absolute atomic E-state index is 3.88. The predicted octanol–water partition coefficient (Wildman–Crippen LogP) is 4.98. The van der Waals surface area contributed by atoms with Gasteiger partial charge in [-0.2, -0.15) is 0 Å². The highest BCUT2D eigenvalue weighted by Crippen LogP contribution is 2.25. The molecule has 0 aromatic carbocycles. The molecule has 0 aromatic heterocycles. The minimum Gasteiger partial charge on any atom is -0.312 e. The Morgan fingerprint density at radius 1 is 1.00 bits per heavy atom. The van der Waals surface area contributed by atoms with Crippen LogP contribution in [0, 0.1) is 0 Å². The van der Waals surface area contributed by atoms with Crippen LogP contribution in [-0.4, -0.2) is 36.1 Å². The lowest BCUT2D eigenvalue weighted by Crippen LogP contribution is -2.53. The van der Waals surface area contributed by atoms with Crippen LogP contribution in [0.15, 0.2) is 0 Å². The van der Waals surface area contributed by atoms with Gasteiger partial charge in [0.05, 0.1) is 0 Å². The summed E-state index contributed by atoms with van der Waals surface area (Å²) in [6, 6.07) is 2.21. The Hall–Kier alpha value is -0.0800. The molecule has 3 atom stereocenters. The highest BCUT2D eigenvalue weighted by molar-refractivity contribution is 4.88. The lowest BCUT2D eigenvalue weighted by molar-refractivity contribution is 0.0903. The number of rotatable bonds is 9. The first-order valence-corrected chi connectivity index (χ1v) is 9.73. The SMILES string of the molecule is CCCCN(C(C)CC)C1CCCCCCC1NCCC. The lowest BCUT2D eigenvalue weighted by Gasteiger charge is -2.42. The monoisotopic (exact) mass is 296 g/mol.